The molecular weight excluding hydrogens is 300 g/mol. The molecule has 2 rings (SSSR count). The summed E-state index contributed by atoms with van der Waals surface area (Å²) in [7, 11) is 0. The molecule has 2 aliphatic rings. The number of ether oxygens (including phenoxy) is 2. The van der Waals surface area contributed by atoms with Crippen LogP contribution in [0.3, 0.4) is 0 Å². The fourth-order valence-electron chi connectivity index (χ4n) is 3.08. The summed E-state index contributed by atoms with van der Waals surface area (Å²) >= 11 is 0. The van der Waals surface area contributed by atoms with Crippen LogP contribution in [-0.4, -0.2) is 63.3 Å². The fraction of sp³-hybridized carbons (Fsp3) is 0.765. The molecule has 1 heterocycles. The van der Waals surface area contributed by atoms with E-state index >= 15 is 0 Å². The Bertz CT molecular complexity index is 476. The van der Waals surface area contributed by atoms with Gasteiger partial charge in [0.2, 0.25) is 0 Å². The summed E-state index contributed by atoms with van der Waals surface area (Å²) in [5.41, 5.74) is 0.719. The van der Waals surface area contributed by atoms with Gasteiger partial charge in [0.05, 0.1) is 12.7 Å². The van der Waals surface area contributed by atoms with Crippen LogP contribution >= 0.6 is 0 Å². The normalized spacial score (nSPS) is 44.7. The van der Waals surface area contributed by atoms with E-state index in [1.165, 1.54) is 6.92 Å². The van der Waals surface area contributed by atoms with E-state index in [1.807, 2.05) is 13.8 Å². The van der Waals surface area contributed by atoms with E-state index in [0.29, 0.717) is 5.92 Å². The van der Waals surface area contributed by atoms with Crippen molar-refractivity contribution >= 4 is 0 Å². The minimum Gasteiger partial charge on any atom is -0.393 e. The number of hydrogen-bond acceptors (Lipinski definition) is 6. The summed E-state index contributed by atoms with van der Waals surface area (Å²) in [5.74, 6) is 0.296. The van der Waals surface area contributed by atoms with E-state index in [9.17, 15) is 20.4 Å². The molecule has 6 nitrogen and oxygen atoms in total. The van der Waals surface area contributed by atoms with E-state index in [-0.39, 0.29) is 6.10 Å². The zero-order valence-corrected chi connectivity index (χ0v) is 14.0. The smallest absolute Gasteiger partial charge is 0.187 e. The van der Waals surface area contributed by atoms with Crippen molar-refractivity contribution in [2.24, 2.45) is 5.92 Å². The first-order valence-corrected chi connectivity index (χ1v) is 8.00. The third-order valence-electron chi connectivity index (χ3n) is 5.00. The summed E-state index contributed by atoms with van der Waals surface area (Å²) in [6.45, 7) is 8.89. The van der Waals surface area contributed by atoms with Crippen molar-refractivity contribution in [3.8, 4) is 0 Å². The van der Waals surface area contributed by atoms with Crippen molar-refractivity contribution < 1.29 is 29.9 Å². The lowest BCUT2D eigenvalue weighted by Crippen LogP contribution is -2.65. The minimum absolute atomic E-state index is 0.268. The van der Waals surface area contributed by atoms with Crippen LogP contribution in [-0.2, 0) is 9.47 Å². The summed E-state index contributed by atoms with van der Waals surface area (Å²) in [5, 5.41) is 39.6. The van der Waals surface area contributed by atoms with Crippen LogP contribution in [0.1, 0.15) is 33.6 Å². The average Bonchev–Trinajstić information content (AvgIpc) is 2.52. The first-order valence-electron chi connectivity index (χ1n) is 8.00. The molecule has 0 bridgehead atoms. The van der Waals surface area contributed by atoms with Gasteiger partial charge in [-0.25, -0.2) is 0 Å². The highest BCUT2D eigenvalue weighted by atomic mass is 16.7. The lowest BCUT2D eigenvalue weighted by Gasteiger charge is -2.47. The molecule has 132 valence electrons. The SMILES string of the molecule is C=C(C)[C@H]1CC=C(C)[C@@H](O[C@@H]2O[C@](C)(CO)[C@@H](O)[C@H](O)[C@H]2O)C1. The fourth-order valence-corrected chi connectivity index (χ4v) is 3.08. The van der Waals surface area contributed by atoms with Crippen molar-refractivity contribution in [3.05, 3.63) is 23.8 Å². The molecule has 4 N–H and O–H groups in total. The van der Waals surface area contributed by atoms with Crippen LogP contribution in [0.5, 0.6) is 0 Å². The molecule has 0 radical (unpaired) electrons. The molecule has 0 aromatic carbocycles. The Morgan fingerprint density at radius 2 is 2.04 bits per heavy atom. The second-order valence-electron chi connectivity index (χ2n) is 6.97. The van der Waals surface area contributed by atoms with E-state index in [4.69, 9.17) is 9.47 Å². The van der Waals surface area contributed by atoms with E-state index in [0.717, 1.165) is 24.0 Å². The highest BCUT2D eigenvalue weighted by molar-refractivity contribution is 5.15. The number of allylic oxidation sites excluding steroid dienone is 2. The molecule has 1 aliphatic carbocycles. The zero-order chi connectivity index (χ0) is 17.4. The Morgan fingerprint density at radius 3 is 2.61 bits per heavy atom. The molecule has 1 saturated heterocycles. The van der Waals surface area contributed by atoms with Gasteiger partial charge in [-0.1, -0.05) is 18.2 Å². The average molecular weight is 328 g/mol. The van der Waals surface area contributed by atoms with Crippen molar-refractivity contribution in [2.45, 2.75) is 69.9 Å². The number of aliphatic hydroxyl groups is 4. The van der Waals surface area contributed by atoms with E-state index < -0.39 is 36.8 Å². The molecule has 1 fully saturated rings. The molecule has 7 atom stereocenters. The molecule has 0 spiro atoms. The van der Waals surface area contributed by atoms with Crippen LogP contribution in [0.2, 0.25) is 0 Å². The molecule has 0 unspecified atom stereocenters. The van der Waals surface area contributed by atoms with Gasteiger partial charge in [-0.05, 0) is 45.1 Å². The Balaban J connectivity index is 2.13. The lowest BCUT2D eigenvalue weighted by atomic mass is 9.84. The predicted molar refractivity (Wildman–Crippen MR) is 84.6 cm³/mol. The van der Waals surface area contributed by atoms with Gasteiger partial charge in [-0.15, -0.1) is 0 Å². The molecule has 0 aromatic rings. The molecule has 0 saturated carbocycles. The molecular formula is C17H28O6. The van der Waals surface area contributed by atoms with Crippen LogP contribution in [0.4, 0.5) is 0 Å². The minimum atomic E-state index is -1.45. The maximum Gasteiger partial charge on any atom is 0.187 e. The van der Waals surface area contributed by atoms with Crippen LogP contribution in [0.15, 0.2) is 23.8 Å². The first kappa shape index (κ1) is 18.6. The van der Waals surface area contributed by atoms with Gasteiger partial charge in [-0.2, -0.15) is 0 Å². The second kappa shape index (κ2) is 7.01. The lowest BCUT2D eigenvalue weighted by molar-refractivity contribution is -0.340. The molecule has 0 aromatic heterocycles. The number of rotatable bonds is 4. The van der Waals surface area contributed by atoms with Crippen molar-refractivity contribution in [1.29, 1.82) is 0 Å². The van der Waals surface area contributed by atoms with Gasteiger partial charge < -0.3 is 29.9 Å². The maximum absolute atomic E-state index is 10.1. The molecule has 1 aliphatic heterocycles. The van der Waals surface area contributed by atoms with Crippen LogP contribution in [0.25, 0.3) is 0 Å². The third-order valence-corrected chi connectivity index (χ3v) is 5.00. The summed E-state index contributed by atoms with van der Waals surface area (Å²) in [6.07, 6.45) is -1.91. The molecule has 23 heavy (non-hydrogen) atoms. The predicted octanol–water partition coefficient (Wildman–Crippen LogP) is 0.494. The Hall–Kier alpha value is -0.760. The summed E-state index contributed by atoms with van der Waals surface area (Å²) < 4.78 is 11.5. The maximum atomic E-state index is 10.1. The Kier molecular flexibility index (Phi) is 5.66. The molecule has 0 amide bonds. The second-order valence-corrected chi connectivity index (χ2v) is 6.97. The van der Waals surface area contributed by atoms with Gasteiger partial charge in [-0.3, -0.25) is 0 Å². The van der Waals surface area contributed by atoms with Gasteiger partial charge >= 0.3 is 0 Å². The van der Waals surface area contributed by atoms with Gasteiger partial charge in [0.25, 0.3) is 0 Å². The summed E-state index contributed by atoms with van der Waals surface area (Å²) in [4.78, 5) is 0. The Morgan fingerprint density at radius 1 is 1.39 bits per heavy atom. The van der Waals surface area contributed by atoms with Gasteiger partial charge in [0.15, 0.2) is 6.29 Å². The Labute approximate surface area is 137 Å². The monoisotopic (exact) mass is 328 g/mol. The largest absolute Gasteiger partial charge is 0.393 e. The van der Waals surface area contributed by atoms with E-state index in [1.54, 1.807) is 0 Å². The highest BCUT2D eigenvalue weighted by Gasteiger charge is 2.51. The van der Waals surface area contributed by atoms with Gasteiger partial charge in [0, 0.05) is 0 Å². The number of aliphatic hydroxyl groups excluding tert-OH is 4. The topological polar surface area (TPSA) is 99.4 Å². The van der Waals surface area contributed by atoms with Crippen LogP contribution in [0, 0.1) is 5.92 Å². The van der Waals surface area contributed by atoms with Crippen LogP contribution < -0.4 is 0 Å². The van der Waals surface area contributed by atoms with Crippen molar-refractivity contribution in [3.63, 3.8) is 0 Å². The standard InChI is InChI=1S/C17H28O6/c1-9(2)11-6-5-10(3)12(7-11)22-16-14(20)13(19)15(21)17(4,8-18)23-16/h5,11-16,18-21H,1,6-8H2,2-4H3/t11-,12-,13+,14+,15-,16+,17+/m0/s1. The third kappa shape index (κ3) is 3.68. The number of hydrogen-bond donors (Lipinski definition) is 4. The first-order chi connectivity index (χ1) is 10.7. The highest BCUT2D eigenvalue weighted by Crippen LogP contribution is 2.35. The zero-order valence-electron chi connectivity index (χ0n) is 14.0. The van der Waals surface area contributed by atoms with Crippen molar-refractivity contribution in [2.75, 3.05) is 6.61 Å². The van der Waals surface area contributed by atoms with Crippen molar-refractivity contribution in [1.82, 2.24) is 0 Å². The van der Waals surface area contributed by atoms with Gasteiger partial charge in [0.1, 0.15) is 23.9 Å². The van der Waals surface area contributed by atoms with E-state index in [2.05, 4.69) is 12.7 Å². The quantitative estimate of drug-likeness (QED) is 0.561. The molecule has 6 heteroatoms. The summed E-state index contributed by atoms with van der Waals surface area (Å²) in [6, 6.07) is 0.